The zero-order chi connectivity index (χ0) is 20.7. The Kier molecular flexibility index (Phi) is 8.23. The van der Waals surface area contributed by atoms with Crippen molar-refractivity contribution in [2.75, 3.05) is 6.54 Å². The number of hydrogen-bond donors (Lipinski definition) is 1. The minimum atomic E-state index is -0.345. The Morgan fingerprint density at radius 3 is 2.61 bits per heavy atom. The summed E-state index contributed by atoms with van der Waals surface area (Å²) >= 11 is 1.28. The monoisotopic (exact) mass is 405 g/mol. The van der Waals surface area contributed by atoms with Crippen LogP contribution in [0.5, 0.6) is 0 Å². The van der Waals surface area contributed by atoms with Gasteiger partial charge in [-0.25, -0.2) is 9.37 Å². The van der Waals surface area contributed by atoms with E-state index in [9.17, 15) is 14.0 Å². The molecule has 152 valence electrons. The van der Waals surface area contributed by atoms with Crippen LogP contribution < -0.4 is 10.9 Å². The highest BCUT2D eigenvalue weighted by Crippen LogP contribution is 2.21. The van der Waals surface area contributed by atoms with E-state index in [2.05, 4.69) is 17.2 Å². The van der Waals surface area contributed by atoms with E-state index in [1.165, 1.54) is 28.5 Å². The number of unbranched alkanes of at least 4 members (excludes halogenated alkanes) is 2. The molecule has 1 N–H and O–H groups in total. The van der Waals surface area contributed by atoms with Crippen LogP contribution in [0.3, 0.4) is 0 Å². The average Bonchev–Trinajstić information content (AvgIpc) is 2.67. The molecule has 7 heteroatoms. The van der Waals surface area contributed by atoms with Gasteiger partial charge in [0.25, 0.3) is 5.56 Å². The van der Waals surface area contributed by atoms with Crippen molar-refractivity contribution >= 4 is 17.7 Å². The first-order valence-corrected chi connectivity index (χ1v) is 10.5. The van der Waals surface area contributed by atoms with Crippen LogP contribution in [-0.2, 0) is 18.3 Å². The Hall–Kier alpha value is -2.15. The van der Waals surface area contributed by atoms with Gasteiger partial charge < -0.3 is 5.32 Å². The lowest BCUT2D eigenvalue weighted by Crippen LogP contribution is -2.33. The van der Waals surface area contributed by atoms with E-state index in [4.69, 9.17) is 0 Å². The van der Waals surface area contributed by atoms with Crippen LogP contribution in [-0.4, -0.2) is 27.3 Å². The maximum atomic E-state index is 13.1. The lowest BCUT2D eigenvalue weighted by Gasteiger charge is -2.15. The molecular weight excluding hydrogens is 377 g/mol. The zero-order valence-corrected chi connectivity index (χ0v) is 17.7. The Labute approximate surface area is 169 Å². The van der Waals surface area contributed by atoms with Crippen LogP contribution >= 0.6 is 11.8 Å². The second kappa shape index (κ2) is 10.4. The van der Waals surface area contributed by atoms with Crippen molar-refractivity contribution in [3.05, 3.63) is 57.3 Å². The number of nitrogens with zero attached hydrogens (tertiary/aromatic N) is 2. The van der Waals surface area contributed by atoms with E-state index < -0.39 is 0 Å². The topological polar surface area (TPSA) is 64.0 Å². The van der Waals surface area contributed by atoms with Crippen LogP contribution in [0.4, 0.5) is 4.39 Å². The molecule has 0 aliphatic heterocycles. The van der Waals surface area contributed by atoms with Crippen molar-refractivity contribution in [2.24, 2.45) is 7.05 Å². The molecule has 2 rings (SSSR count). The molecule has 0 unspecified atom stereocenters. The largest absolute Gasteiger partial charge is 0.355 e. The molecule has 1 atom stereocenters. The summed E-state index contributed by atoms with van der Waals surface area (Å²) < 4.78 is 14.6. The van der Waals surface area contributed by atoms with Crippen molar-refractivity contribution in [1.29, 1.82) is 0 Å². The quantitative estimate of drug-likeness (QED) is 0.393. The highest BCUT2D eigenvalue weighted by Gasteiger charge is 2.19. The van der Waals surface area contributed by atoms with E-state index in [0.29, 0.717) is 29.4 Å². The van der Waals surface area contributed by atoms with Gasteiger partial charge in [-0.15, -0.1) is 0 Å². The maximum Gasteiger partial charge on any atom is 0.257 e. The number of amides is 1. The van der Waals surface area contributed by atoms with Gasteiger partial charge in [0.15, 0.2) is 5.16 Å². The molecule has 0 aliphatic carbocycles. The summed E-state index contributed by atoms with van der Waals surface area (Å²) in [5, 5.41) is 3.10. The molecule has 0 saturated carbocycles. The van der Waals surface area contributed by atoms with Crippen LogP contribution in [0, 0.1) is 12.7 Å². The molecule has 0 spiro atoms. The zero-order valence-electron chi connectivity index (χ0n) is 16.9. The smallest absolute Gasteiger partial charge is 0.257 e. The molecule has 0 saturated heterocycles. The van der Waals surface area contributed by atoms with Crippen molar-refractivity contribution < 1.29 is 9.18 Å². The fourth-order valence-electron chi connectivity index (χ4n) is 2.79. The lowest BCUT2D eigenvalue weighted by molar-refractivity contribution is -0.120. The number of carbonyl (C=O) groups is 1. The Bertz CT molecular complexity index is 865. The standard InChI is InChI=1S/C21H28FN3O2S/c1-5-6-7-12-23-19(26)15(3)28-21-24-14(2)18(20(27)25(21)4)13-16-8-10-17(22)11-9-16/h8-11,15H,5-7,12-13H2,1-4H3,(H,23,26)/t15-/m1/s1. The predicted molar refractivity (Wildman–Crippen MR) is 111 cm³/mol. The fourth-order valence-corrected chi connectivity index (χ4v) is 3.72. The first kappa shape index (κ1) is 22.1. The summed E-state index contributed by atoms with van der Waals surface area (Å²) in [6, 6.07) is 6.10. The molecule has 1 aromatic heterocycles. The number of carbonyl (C=O) groups excluding carboxylic acids is 1. The highest BCUT2D eigenvalue weighted by molar-refractivity contribution is 8.00. The van der Waals surface area contributed by atoms with E-state index in [1.807, 2.05) is 6.92 Å². The van der Waals surface area contributed by atoms with Crippen LogP contribution in [0.1, 0.15) is 49.9 Å². The van der Waals surface area contributed by atoms with Crippen molar-refractivity contribution in [3.63, 3.8) is 0 Å². The normalized spacial score (nSPS) is 12.0. The molecule has 0 radical (unpaired) electrons. The molecule has 28 heavy (non-hydrogen) atoms. The Morgan fingerprint density at radius 2 is 1.96 bits per heavy atom. The number of rotatable bonds is 9. The van der Waals surface area contributed by atoms with Crippen LogP contribution in [0.25, 0.3) is 0 Å². The Balaban J connectivity index is 2.11. The Morgan fingerprint density at radius 1 is 1.29 bits per heavy atom. The molecule has 1 aromatic carbocycles. The molecule has 0 bridgehead atoms. The van der Waals surface area contributed by atoms with Gasteiger partial charge in [-0.05, 0) is 38.0 Å². The van der Waals surface area contributed by atoms with E-state index in [0.717, 1.165) is 24.8 Å². The lowest BCUT2D eigenvalue weighted by atomic mass is 10.1. The summed E-state index contributed by atoms with van der Waals surface area (Å²) in [7, 11) is 1.66. The van der Waals surface area contributed by atoms with Gasteiger partial charge in [-0.1, -0.05) is 43.7 Å². The number of benzene rings is 1. The number of aromatic nitrogens is 2. The maximum absolute atomic E-state index is 13.1. The van der Waals surface area contributed by atoms with Crippen LogP contribution in [0.15, 0.2) is 34.2 Å². The third kappa shape index (κ3) is 5.92. The van der Waals surface area contributed by atoms with Crippen molar-refractivity contribution in [2.45, 2.75) is 56.9 Å². The molecule has 1 amide bonds. The van der Waals surface area contributed by atoms with Gasteiger partial charge in [0, 0.05) is 31.3 Å². The minimum Gasteiger partial charge on any atom is -0.355 e. The third-order valence-electron chi connectivity index (χ3n) is 4.57. The summed E-state index contributed by atoms with van der Waals surface area (Å²) in [5.74, 6) is -0.358. The third-order valence-corrected chi connectivity index (χ3v) is 5.72. The summed E-state index contributed by atoms with van der Waals surface area (Å²) in [5.41, 5.74) is 1.92. The van der Waals surface area contributed by atoms with Gasteiger partial charge in [-0.2, -0.15) is 0 Å². The second-order valence-electron chi connectivity index (χ2n) is 6.88. The van der Waals surface area contributed by atoms with E-state index in [1.54, 1.807) is 26.1 Å². The van der Waals surface area contributed by atoms with Gasteiger partial charge in [0.2, 0.25) is 5.91 Å². The highest BCUT2D eigenvalue weighted by atomic mass is 32.2. The number of nitrogens with one attached hydrogen (secondary N) is 1. The van der Waals surface area contributed by atoms with Crippen molar-refractivity contribution in [3.8, 4) is 0 Å². The average molecular weight is 406 g/mol. The van der Waals surface area contributed by atoms with E-state index in [-0.39, 0.29) is 22.5 Å². The first-order valence-electron chi connectivity index (χ1n) is 9.58. The SMILES string of the molecule is CCCCCNC(=O)[C@@H](C)Sc1nc(C)c(Cc2ccc(F)cc2)c(=O)n1C. The fraction of sp³-hybridized carbons (Fsp3) is 0.476. The second-order valence-corrected chi connectivity index (χ2v) is 8.19. The molecule has 0 aliphatic rings. The predicted octanol–water partition coefficient (Wildman–Crippen LogP) is 3.61. The first-order chi connectivity index (χ1) is 13.3. The number of thioether (sulfide) groups is 1. The summed E-state index contributed by atoms with van der Waals surface area (Å²) in [6.45, 7) is 6.39. The number of halogens is 1. The van der Waals surface area contributed by atoms with Gasteiger partial charge in [-0.3, -0.25) is 14.2 Å². The van der Waals surface area contributed by atoms with Crippen molar-refractivity contribution in [1.82, 2.24) is 14.9 Å². The van der Waals surface area contributed by atoms with Gasteiger partial charge >= 0.3 is 0 Å². The molecule has 2 aromatic rings. The van der Waals surface area contributed by atoms with Gasteiger partial charge in [0.05, 0.1) is 5.25 Å². The molecule has 5 nitrogen and oxygen atoms in total. The molecular formula is C21H28FN3O2S. The summed E-state index contributed by atoms with van der Waals surface area (Å²) in [4.78, 5) is 29.6. The van der Waals surface area contributed by atoms with Gasteiger partial charge in [0.1, 0.15) is 5.82 Å². The number of hydrogen-bond acceptors (Lipinski definition) is 4. The number of aryl methyl sites for hydroxylation is 1. The summed E-state index contributed by atoms with van der Waals surface area (Å²) in [6.07, 6.45) is 3.56. The minimum absolute atomic E-state index is 0.0524. The molecule has 1 heterocycles. The van der Waals surface area contributed by atoms with E-state index >= 15 is 0 Å². The molecule has 0 fully saturated rings. The van der Waals surface area contributed by atoms with Crippen LogP contribution in [0.2, 0.25) is 0 Å².